The highest BCUT2D eigenvalue weighted by Crippen LogP contribution is 2.28. The predicted molar refractivity (Wildman–Crippen MR) is 77.7 cm³/mol. The van der Waals surface area contributed by atoms with Crippen LogP contribution in [0.5, 0.6) is 5.75 Å². The Kier molecular flexibility index (Phi) is 4.23. The molecule has 1 aromatic heterocycles. The van der Waals surface area contributed by atoms with Crippen LogP contribution >= 0.6 is 0 Å². The normalized spacial score (nSPS) is 9.91. The first-order chi connectivity index (χ1) is 10.5. The van der Waals surface area contributed by atoms with Crippen LogP contribution in [0.2, 0.25) is 0 Å². The Bertz CT molecular complexity index is 784. The highest BCUT2D eigenvalue weighted by molar-refractivity contribution is 5.92. The summed E-state index contributed by atoms with van der Waals surface area (Å²) in [7, 11) is 2.49. The molecule has 0 aliphatic carbocycles. The lowest BCUT2D eigenvalue weighted by Crippen LogP contribution is -2.12. The van der Waals surface area contributed by atoms with Crippen LogP contribution in [0.4, 0.5) is 10.2 Å². The Balaban J connectivity index is 2.65. The van der Waals surface area contributed by atoms with Gasteiger partial charge in [0.2, 0.25) is 0 Å². The third kappa shape index (κ3) is 2.67. The summed E-state index contributed by atoms with van der Waals surface area (Å²) in [4.78, 5) is 19.7. The average molecular weight is 301 g/mol. The van der Waals surface area contributed by atoms with E-state index in [1.165, 1.54) is 26.4 Å². The van der Waals surface area contributed by atoms with Crippen molar-refractivity contribution in [1.29, 1.82) is 0 Å². The van der Waals surface area contributed by atoms with Crippen molar-refractivity contribution in [2.75, 3.05) is 20.0 Å². The molecule has 0 saturated carbocycles. The van der Waals surface area contributed by atoms with Gasteiger partial charge in [-0.3, -0.25) is 0 Å². The molecular formula is C15H12FN3O3. The number of aromatic nitrogens is 2. The number of carbonyl (C=O) groups is 1. The van der Waals surface area contributed by atoms with Gasteiger partial charge < -0.3 is 15.2 Å². The number of methoxy groups -OCH3 is 2. The largest absolute Gasteiger partial charge is 0.491 e. The molecule has 1 heterocycles. The fourth-order valence-corrected chi connectivity index (χ4v) is 1.81. The fraction of sp³-hybridized carbons (Fsp3) is 0.133. The molecule has 0 atom stereocenters. The number of nitrogens with two attached hydrogens (primary N) is 1. The summed E-state index contributed by atoms with van der Waals surface area (Å²) < 4.78 is 23.7. The van der Waals surface area contributed by atoms with Gasteiger partial charge >= 0.3 is 5.97 Å². The maximum Gasteiger partial charge on any atom is 0.360 e. The molecule has 7 heteroatoms. The summed E-state index contributed by atoms with van der Waals surface area (Å²) in [5, 5.41) is 0. The quantitative estimate of drug-likeness (QED) is 0.685. The highest BCUT2D eigenvalue weighted by atomic mass is 19.1. The van der Waals surface area contributed by atoms with Crippen LogP contribution in [-0.2, 0) is 4.74 Å². The highest BCUT2D eigenvalue weighted by Gasteiger charge is 2.22. The second-order valence-electron chi connectivity index (χ2n) is 4.14. The predicted octanol–water partition coefficient (Wildman–Crippen LogP) is 1.64. The van der Waals surface area contributed by atoms with Gasteiger partial charge in [0.15, 0.2) is 23.1 Å². The molecule has 0 saturated heterocycles. The monoisotopic (exact) mass is 301 g/mol. The summed E-state index contributed by atoms with van der Waals surface area (Å²) in [5.41, 5.74) is 5.97. The summed E-state index contributed by atoms with van der Waals surface area (Å²) >= 11 is 0. The minimum atomic E-state index is -0.771. The Hall–Kier alpha value is -3.14. The lowest BCUT2D eigenvalue weighted by Gasteiger charge is -2.11. The molecule has 0 bridgehead atoms. The molecule has 0 aliphatic rings. The van der Waals surface area contributed by atoms with Gasteiger partial charge in [-0.15, -0.1) is 6.42 Å². The first-order valence-corrected chi connectivity index (χ1v) is 6.08. The molecular weight excluding hydrogens is 289 g/mol. The number of ether oxygens (including phenoxy) is 2. The molecule has 0 unspecified atom stereocenters. The number of hydrogen-bond acceptors (Lipinski definition) is 6. The Labute approximate surface area is 126 Å². The van der Waals surface area contributed by atoms with Crippen LogP contribution in [0.3, 0.4) is 0 Å². The Morgan fingerprint density at radius 2 is 2.09 bits per heavy atom. The summed E-state index contributed by atoms with van der Waals surface area (Å²) in [6, 6.07) is 4.10. The van der Waals surface area contributed by atoms with E-state index in [1.807, 2.05) is 0 Å². The van der Waals surface area contributed by atoms with Crippen molar-refractivity contribution >= 4 is 11.8 Å². The van der Waals surface area contributed by atoms with Gasteiger partial charge in [0, 0.05) is 5.56 Å². The lowest BCUT2D eigenvalue weighted by atomic mass is 10.1. The van der Waals surface area contributed by atoms with Crippen molar-refractivity contribution in [3.8, 4) is 29.5 Å². The molecule has 0 spiro atoms. The van der Waals surface area contributed by atoms with E-state index in [-0.39, 0.29) is 28.6 Å². The van der Waals surface area contributed by atoms with Crippen LogP contribution in [0, 0.1) is 18.2 Å². The van der Waals surface area contributed by atoms with Crippen LogP contribution in [0.25, 0.3) is 11.4 Å². The number of nitrogen functional groups attached to an aromatic ring is 1. The zero-order chi connectivity index (χ0) is 16.3. The molecule has 0 radical (unpaired) electrons. The number of carbonyl (C=O) groups excluding carboxylic acids is 1. The topological polar surface area (TPSA) is 87.3 Å². The van der Waals surface area contributed by atoms with Crippen LogP contribution in [0.15, 0.2) is 18.2 Å². The number of hydrogen-bond donors (Lipinski definition) is 1. The number of terminal acetylenes is 1. The van der Waals surface area contributed by atoms with Gasteiger partial charge in [0.1, 0.15) is 5.82 Å². The minimum Gasteiger partial charge on any atom is -0.491 e. The third-order valence-electron chi connectivity index (χ3n) is 2.85. The Morgan fingerprint density at radius 1 is 1.36 bits per heavy atom. The lowest BCUT2D eigenvalue weighted by molar-refractivity contribution is 0.0590. The maximum absolute atomic E-state index is 14.1. The zero-order valence-electron chi connectivity index (χ0n) is 11.9. The van der Waals surface area contributed by atoms with E-state index >= 15 is 0 Å². The number of benzene rings is 1. The van der Waals surface area contributed by atoms with Gasteiger partial charge in [-0.1, -0.05) is 5.92 Å². The number of halogens is 1. The third-order valence-corrected chi connectivity index (χ3v) is 2.85. The minimum absolute atomic E-state index is 0.0312. The summed E-state index contributed by atoms with van der Waals surface area (Å²) in [5.74, 6) is 0.712. The molecule has 22 heavy (non-hydrogen) atoms. The number of anilines is 1. The van der Waals surface area contributed by atoms with Crippen molar-refractivity contribution in [3.05, 3.63) is 35.3 Å². The number of nitrogens with zero attached hydrogens (tertiary/aromatic N) is 2. The van der Waals surface area contributed by atoms with Gasteiger partial charge in [0.25, 0.3) is 0 Å². The van der Waals surface area contributed by atoms with E-state index < -0.39 is 11.8 Å². The van der Waals surface area contributed by atoms with Crippen molar-refractivity contribution in [2.24, 2.45) is 0 Å². The van der Waals surface area contributed by atoms with Crippen LogP contribution in [0.1, 0.15) is 16.1 Å². The number of rotatable bonds is 3. The first kappa shape index (κ1) is 15.3. The van der Waals surface area contributed by atoms with Crippen molar-refractivity contribution in [3.63, 3.8) is 0 Å². The molecule has 6 nitrogen and oxygen atoms in total. The molecule has 2 rings (SSSR count). The van der Waals surface area contributed by atoms with Gasteiger partial charge in [-0.2, -0.15) is 0 Å². The van der Waals surface area contributed by atoms with Gasteiger partial charge in [-0.25, -0.2) is 19.2 Å². The van der Waals surface area contributed by atoms with E-state index in [0.29, 0.717) is 5.56 Å². The standard InChI is InChI=1S/C15H12FN3O3/c1-4-8-5-6-9(10(16)7-8)14-18-11(15(20)22-3)12(21-2)13(17)19-14/h1,5-7H,2-3H3,(H2,17,18,19). The van der Waals surface area contributed by atoms with Gasteiger partial charge in [-0.05, 0) is 18.2 Å². The van der Waals surface area contributed by atoms with E-state index in [9.17, 15) is 9.18 Å². The maximum atomic E-state index is 14.1. The van der Waals surface area contributed by atoms with Crippen molar-refractivity contribution in [2.45, 2.75) is 0 Å². The fourth-order valence-electron chi connectivity index (χ4n) is 1.81. The molecule has 112 valence electrons. The van der Waals surface area contributed by atoms with E-state index in [4.69, 9.17) is 16.9 Å². The second kappa shape index (κ2) is 6.10. The number of esters is 1. The van der Waals surface area contributed by atoms with E-state index in [1.54, 1.807) is 0 Å². The molecule has 1 aromatic carbocycles. The molecule has 2 aromatic rings. The molecule has 0 amide bonds. The van der Waals surface area contributed by atoms with Crippen LogP contribution in [-0.4, -0.2) is 30.2 Å². The van der Waals surface area contributed by atoms with Crippen LogP contribution < -0.4 is 10.5 Å². The molecule has 0 aliphatic heterocycles. The first-order valence-electron chi connectivity index (χ1n) is 6.08. The van der Waals surface area contributed by atoms with Gasteiger partial charge in [0.05, 0.1) is 19.8 Å². The molecule has 0 fully saturated rings. The second-order valence-corrected chi connectivity index (χ2v) is 4.14. The molecule has 2 N–H and O–H groups in total. The van der Waals surface area contributed by atoms with E-state index in [0.717, 1.165) is 6.07 Å². The van der Waals surface area contributed by atoms with Crippen molar-refractivity contribution < 1.29 is 18.7 Å². The zero-order valence-corrected chi connectivity index (χ0v) is 11.9. The average Bonchev–Trinajstić information content (AvgIpc) is 2.53. The smallest absolute Gasteiger partial charge is 0.360 e. The summed E-state index contributed by atoms with van der Waals surface area (Å²) in [6.07, 6.45) is 5.21. The Morgan fingerprint density at radius 3 is 2.64 bits per heavy atom. The van der Waals surface area contributed by atoms with Crippen molar-refractivity contribution in [1.82, 2.24) is 9.97 Å². The summed E-state index contributed by atoms with van der Waals surface area (Å²) in [6.45, 7) is 0. The van der Waals surface area contributed by atoms with E-state index in [2.05, 4.69) is 20.6 Å². The SMILES string of the molecule is C#Cc1ccc(-c2nc(N)c(OC)c(C(=O)OC)n2)c(F)c1.